The number of unbranched alkanes of at least 4 members (excludes halogenated alkanes) is 1. The molecule has 0 saturated heterocycles. The van der Waals surface area contributed by atoms with Crippen LogP contribution < -0.4 is 0 Å². The first kappa shape index (κ1) is 35.2. The van der Waals surface area contributed by atoms with Crippen LogP contribution in [-0.4, -0.2) is 42.8 Å². The zero-order valence-electron chi connectivity index (χ0n) is 30.7. The number of ether oxygens (including phenoxy) is 1. The number of hydrogen-bond donors (Lipinski definition) is 0. The van der Waals surface area contributed by atoms with E-state index in [0.29, 0.717) is 29.4 Å². The second-order valence-corrected chi connectivity index (χ2v) is 13.4. The van der Waals surface area contributed by atoms with Crippen molar-refractivity contribution in [2.45, 2.75) is 38.3 Å². The lowest BCUT2D eigenvalue weighted by Gasteiger charge is -2.36. The van der Waals surface area contributed by atoms with Gasteiger partial charge in [0.05, 0.1) is 13.4 Å². The van der Waals surface area contributed by atoms with Crippen LogP contribution in [0.25, 0.3) is 34.0 Å². The van der Waals surface area contributed by atoms with Crippen LogP contribution in [0.15, 0.2) is 162 Å². The molecule has 0 N–H and O–H groups in total. The lowest BCUT2D eigenvalue weighted by atomic mass is 9.77. The van der Waals surface area contributed by atoms with Crippen LogP contribution in [0.1, 0.15) is 58.2 Å². The van der Waals surface area contributed by atoms with Crippen LogP contribution in [0.4, 0.5) is 0 Å². The molecule has 0 aliphatic rings. The van der Waals surface area contributed by atoms with E-state index >= 15 is 0 Å². The number of aromatic nitrogens is 6. The van der Waals surface area contributed by atoms with Crippen molar-refractivity contribution >= 4 is 5.97 Å². The largest absolute Gasteiger partial charge is 0.465 e. The highest BCUT2D eigenvalue weighted by Crippen LogP contribution is 2.43. The van der Waals surface area contributed by atoms with Crippen LogP contribution in [0.2, 0.25) is 0 Å². The molecule has 9 heteroatoms. The topological polar surface area (TPSA) is 101 Å². The first-order chi connectivity index (χ1) is 27.1. The first-order valence-electron chi connectivity index (χ1n) is 18.5. The molecule has 3 heterocycles. The molecule has 0 fully saturated rings. The van der Waals surface area contributed by atoms with E-state index in [-0.39, 0.29) is 0 Å². The summed E-state index contributed by atoms with van der Waals surface area (Å²) in [6.07, 6.45) is 6.29. The SMILES string of the molecule is CCCCc1nc(-c2occc2C(=O)OC)cn1Cc1ccc(-c2ccccc2-c2nnnn2C(c2ccccc2)(c2ccccc2)c2ccccc2)cc1. The molecule has 0 aliphatic carbocycles. The Balaban J connectivity index is 1.18. The molecule has 55 heavy (non-hydrogen) atoms. The Hall–Kier alpha value is -6.87. The Morgan fingerprint density at radius 2 is 1.35 bits per heavy atom. The Bertz CT molecular complexity index is 2410. The minimum absolute atomic E-state index is 0.358. The molecule has 0 spiro atoms. The molecule has 0 bridgehead atoms. The summed E-state index contributed by atoms with van der Waals surface area (Å²) in [6.45, 7) is 2.77. The van der Waals surface area contributed by atoms with Gasteiger partial charge in [-0.3, -0.25) is 0 Å². The fraction of sp³-hybridized carbons (Fsp3) is 0.152. The molecule has 0 aliphatic heterocycles. The van der Waals surface area contributed by atoms with Crippen LogP contribution in [-0.2, 0) is 23.2 Å². The number of benzene rings is 5. The van der Waals surface area contributed by atoms with Crippen molar-refractivity contribution in [1.82, 2.24) is 29.8 Å². The van der Waals surface area contributed by atoms with E-state index in [0.717, 1.165) is 64.0 Å². The Morgan fingerprint density at radius 3 is 1.95 bits per heavy atom. The standard InChI is InChI=1S/C46H40N6O3/c1-3-4-24-42-47-41(43-40(29-30-55-43)45(53)54-2)32-51(42)31-33-25-27-34(28-26-33)38-22-14-15-23-39(38)44-48-49-50-52(44)46(35-16-8-5-9-17-35,36-18-10-6-11-19-36)37-20-12-7-13-21-37/h5-23,25-30,32H,3-4,24,31H2,1-2H3. The summed E-state index contributed by atoms with van der Waals surface area (Å²) in [4.78, 5) is 17.3. The molecular weight excluding hydrogens is 685 g/mol. The number of furan rings is 1. The van der Waals surface area contributed by atoms with Gasteiger partial charge < -0.3 is 13.7 Å². The number of carbonyl (C=O) groups excluding carboxylic acids is 1. The smallest absolute Gasteiger partial charge is 0.341 e. The Labute approximate surface area is 319 Å². The number of methoxy groups -OCH3 is 1. The summed E-state index contributed by atoms with van der Waals surface area (Å²) in [6, 6.07) is 49.7. The molecule has 0 radical (unpaired) electrons. The van der Waals surface area contributed by atoms with E-state index in [1.54, 1.807) is 6.07 Å². The van der Waals surface area contributed by atoms with Gasteiger partial charge in [0.25, 0.3) is 0 Å². The second kappa shape index (κ2) is 15.6. The van der Waals surface area contributed by atoms with E-state index in [4.69, 9.17) is 24.5 Å². The predicted molar refractivity (Wildman–Crippen MR) is 212 cm³/mol. The fourth-order valence-electron chi connectivity index (χ4n) is 7.42. The van der Waals surface area contributed by atoms with E-state index in [1.165, 1.54) is 13.4 Å². The zero-order chi connectivity index (χ0) is 37.6. The van der Waals surface area contributed by atoms with Gasteiger partial charge in [0.2, 0.25) is 0 Å². The highest BCUT2D eigenvalue weighted by atomic mass is 16.5. The van der Waals surface area contributed by atoms with E-state index in [9.17, 15) is 4.79 Å². The van der Waals surface area contributed by atoms with E-state index in [1.807, 2.05) is 41.2 Å². The van der Waals surface area contributed by atoms with Gasteiger partial charge in [0.15, 0.2) is 11.6 Å². The summed E-state index contributed by atoms with van der Waals surface area (Å²) >= 11 is 0. The van der Waals surface area contributed by atoms with Crippen LogP contribution in [0.3, 0.4) is 0 Å². The van der Waals surface area contributed by atoms with Crippen LogP contribution in [0, 0.1) is 0 Å². The molecule has 272 valence electrons. The lowest BCUT2D eigenvalue weighted by molar-refractivity contribution is 0.0601. The number of rotatable bonds is 13. The van der Waals surface area contributed by atoms with Gasteiger partial charge in [-0.2, -0.15) is 0 Å². The second-order valence-electron chi connectivity index (χ2n) is 13.4. The number of esters is 1. The molecule has 0 atom stereocenters. The molecule has 3 aromatic heterocycles. The normalized spacial score (nSPS) is 11.5. The van der Waals surface area contributed by atoms with Crippen molar-refractivity contribution in [3.05, 3.63) is 192 Å². The number of carbonyl (C=O) groups is 1. The van der Waals surface area contributed by atoms with Crippen molar-refractivity contribution in [3.63, 3.8) is 0 Å². The first-order valence-corrected chi connectivity index (χ1v) is 18.5. The van der Waals surface area contributed by atoms with Gasteiger partial charge in [0, 0.05) is 24.7 Å². The molecule has 9 nitrogen and oxygen atoms in total. The van der Waals surface area contributed by atoms with Crippen molar-refractivity contribution in [2.75, 3.05) is 7.11 Å². The van der Waals surface area contributed by atoms with Gasteiger partial charge in [-0.1, -0.05) is 153 Å². The zero-order valence-corrected chi connectivity index (χ0v) is 30.7. The third-order valence-electron chi connectivity index (χ3n) is 10.1. The molecule has 8 aromatic rings. The number of nitrogens with zero attached hydrogens (tertiary/aromatic N) is 6. The van der Waals surface area contributed by atoms with E-state index < -0.39 is 11.5 Å². The van der Waals surface area contributed by atoms with Crippen molar-refractivity contribution in [3.8, 4) is 34.0 Å². The maximum atomic E-state index is 12.4. The average molecular weight is 725 g/mol. The fourth-order valence-corrected chi connectivity index (χ4v) is 7.42. The molecule has 0 unspecified atom stereocenters. The van der Waals surface area contributed by atoms with E-state index in [2.05, 4.69) is 126 Å². The van der Waals surface area contributed by atoms with Gasteiger partial charge in [0.1, 0.15) is 22.6 Å². The van der Waals surface area contributed by atoms with Gasteiger partial charge in [-0.15, -0.1) is 5.10 Å². The van der Waals surface area contributed by atoms with Crippen LogP contribution in [0.5, 0.6) is 0 Å². The number of imidazole rings is 1. The number of tetrazole rings is 1. The van der Waals surface area contributed by atoms with Gasteiger partial charge >= 0.3 is 5.97 Å². The molecule has 0 amide bonds. The monoisotopic (exact) mass is 724 g/mol. The molecular formula is C46H40N6O3. The average Bonchev–Trinajstić information content (AvgIpc) is 4.03. The minimum Gasteiger partial charge on any atom is -0.465 e. The minimum atomic E-state index is -0.869. The van der Waals surface area contributed by atoms with Crippen molar-refractivity contribution < 1.29 is 13.9 Å². The predicted octanol–water partition coefficient (Wildman–Crippen LogP) is 9.48. The summed E-state index contributed by atoms with van der Waals surface area (Å²) in [7, 11) is 1.36. The Kier molecular flexibility index (Phi) is 9.99. The van der Waals surface area contributed by atoms with Gasteiger partial charge in [-0.05, 0) is 56.3 Å². The van der Waals surface area contributed by atoms with Crippen LogP contribution >= 0.6 is 0 Å². The molecule has 5 aromatic carbocycles. The van der Waals surface area contributed by atoms with Crippen molar-refractivity contribution in [1.29, 1.82) is 0 Å². The highest BCUT2D eigenvalue weighted by molar-refractivity contribution is 5.95. The Morgan fingerprint density at radius 1 is 0.745 bits per heavy atom. The third kappa shape index (κ3) is 6.65. The number of hydrogen-bond acceptors (Lipinski definition) is 7. The molecule has 0 saturated carbocycles. The number of aryl methyl sites for hydroxylation is 1. The van der Waals surface area contributed by atoms with Gasteiger partial charge in [-0.25, -0.2) is 14.5 Å². The lowest BCUT2D eigenvalue weighted by Crippen LogP contribution is -2.39. The third-order valence-corrected chi connectivity index (χ3v) is 10.1. The van der Waals surface area contributed by atoms with Crippen molar-refractivity contribution in [2.24, 2.45) is 0 Å². The quantitative estimate of drug-likeness (QED) is 0.0863. The maximum absolute atomic E-state index is 12.4. The maximum Gasteiger partial charge on any atom is 0.341 e. The summed E-state index contributed by atoms with van der Waals surface area (Å²) < 4.78 is 14.8. The molecule has 8 rings (SSSR count). The summed E-state index contributed by atoms with van der Waals surface area (Å²) in [5.41, 5.74) is 7.28. The highest BCUT2D eigenvalue weighted by Gasteiger charge is 2.42. The summed E-state index contributed by atoms with van der Waals surface area (Å²) in [5, 5.41) is 13.8. The summed E-state index contributed by atoms with van der Waals surface area (Å²) in [5.74, 6) is 1.54.